The minimum atomic E-state index is 0. The molecular formula is C15H29ClN2O2S. The Kier molecular flexibility index (Phi) is 9.02. The molecule has 0 radical (unpaired) electrons. The van der Waals surface area contributed by atoms with Crippen molar-refractivity contribution in [2.24, 2.45) is 5.41 Å². The Labute approximate surface area is 138 Å². The molecular weight excluding hydrogens is 308 g/mol. The van der Waals surface area contributed by atoms with Crippen LogP contribution in [0.5, 0.6) is 0 Å². The maximum absolute atomic E-state index is 12.0. The molecule has 1 heterocycles. The molecule has 6 heteroatoms. The number of amides is 1. The summed E-state index contributed by atoms with van der Waals surface area (Å²) in [5.74, 6) is 2.43. The molecule has 0 aromatic carbocycles. The van der Waals surface area contributed by atoms with Crippen molar-refractivity contribution in [2.75, 3.05) is 37.8 Å². The van der Waals surface area contributed by atoms with E-state index in [1.54, 1.807) is 0 Å². The summed E-state index contributed by atoms with van der Waals surface area (Å²) in [6, 6.07) is 0.356. The highest BCUT2D eigenvalue weighted by Gasteiger charge is 2.36. The van der Waals surface area contributed by atoms with E-state index in [1.165, 1.54) is 25.0 Å². The van der Waals surface area contributed by atoms with Crippen LogP contribution in [0.15, 0.2) is 0 Å². The summed E-state index contributed by atoms with van der Waals surface area (Å²) in [4.78, 5) is 12.0. The van der Waals surface area contributed by atoms with Crippen LogP contribution >= 0.6 is 24.2 Å². The van der Waals surface area contributed by atoms with Crippen LogP contribution in [0.1, 0.15) is 39.0 Å². The van der Waals surface area contributed by atoms with E-state index >= 15 is 0 Å². The van der Waals surface area contributed by atoms with Gasteiger partial charge in [0.1, 0.15) is 0 Å². The van der Waals surface area contributed by atoms with Gasteiger partial charge in [0.15, 0.2) is 0 Å². The molecule has 1 saturated carbocycles. The second-order valence-electron chi connectivity index (χ2n) is 6.01. The highest BCUT2D eigenvalue weighted by Crippen LogP contribution is 2.43. The van der Waals surface area contributed by atoms with Gasteiger partial charge in [-0.15, -0.1) is 12.4 Å². The van der Waals surface area contributed by atoms with Crippen molar-refractivity contribution in [2.45, 2.75) is 45.1 Å². The van der Waals surface area contributed by atoms with Gasteiger partial charge < -0.3 is 15.4 Å². The summed E-state index contributed by atoms with van der Waals surface area (Å²) in [7, 11) is 0. The molecule has 0 aromatic rings. The van der Waals surface area contributed by atoms with Gasteiger partial charge in [0, 0.05) is 50.3 Å². The lowest BCUT2D eigenvalue weighted by atomic mass is 9.66. The molecule has 2 fully saturated rings. The Morgan fingerprint density at radius 3 is 2.86 bits per heavy atom. The Bertz CT molecular complexity index is 308. The molecule has 2 rings (SSSR count). The highest BCUT2D eigenvalue weighted by atomic mass is 35.5. The van der Waals surface area contributed by atoms with E-state index in [0.717, 1.165) is 38.5 Å². The predicted octanol–water partition coefficient (Wildman–Crippen LogP) is 2.22. The molecule has 0 spiro atoms. The van der Waals surface area contributed by atoms with Crippen LogP contribution in [-0.4, -0.2) is 49.8 Å². The van der Waals surface area contributed by atoms with Crippen molar-refractivity contribution in [3.8, 4) is 0 Å². The molecule has 1 aliphatic heterocycles. The topological polar surface area (TPSA) is 50.4 Å². The summed E-state index contributed by atoms with van der Waals surface area (Å²) in [5.41, 5.74) is 0.319. The van der Waals surface area contributed by atoms with Crippen LogP contribution in [0, 0.1) is 5.41 Å². The Morgan fingerprint density at radius 1 is 1.48 bits per heavy atom. The molecule has 2 N–H and O–H groups in total. The standard InChI is InChI=1S/C15H28N2O2S.ClH/c1-2-19-8-6-15(4-3-5-15)12-17-14(18)10-13-11-20-9-7-16-13;/h13,16H,2-12H2,1H3,(H,17,18);1H. The van der Waals surface area contributed by atoms with Gasteiger partial charge in [-0.05, 0) is 31.6 Å². The summed E-state index contributed by atoms with van der Waals surface area (Å²) in [6.07, 6.45) is 5.46. The summed E-state index contributed by atoms with van der Waals surface area (Å²) < 4.78 is 5.47. The van der Waals surface area contributed by atoms with Crippen molar-refractivity contribution in [3.05, 3.63) is 0 Å². The second-order valence-corrected chi connectivity index (χ2v) is 7.16. The number of hydrogen-bond donors (Lipinski definition) is 2. The van der Waals surface area contributed by atoms with E-state index in [-0.39, 0.29) is 18.3 Å². The third kappa shape index (κ3) is 6.35. The van der Waals surface area contributed by atoms with Crippen molar-refractivity contribution >= 4 is 30.1 Å². The fraction of sp³-hybridized carbons (Fsp3) is 0.933. The van der Waals surface area contributed by atoms with Gasteiger partial charge in [-0.25, -0.2) is 0 Å². The molecule has 2 aliphatic rings. The molecule has 4 nitrogen and oxygen atoms in total. The third-order valence-electron chi connectivity index (χ3n) is 4.49. The smallest absolute Gasteiger partial charge is 0.221 e. The van der Waals surface area contributed by atoms with E-state index in [0.29, 0.717) is 17.9 Å². The third-order valence-corrected chi connectivity index (χ3v) is 5.62. The predicted molar refractivity (Wildman–Crippen MR) is 91.4 cm³/mol. The fourth-order valence-corrected chi connectivity index (χ4v) is 3.91. The average Bonchev–Trinajstić information content (AvgIpc) is 2.42. The molecule has 1 amide bonds. The van der Waals surface area contributed by atoms with Crippen molar-refractivity contribution in [1.29, 1.82) is 0 Å². The minimum Gasteiger partial charge on any atom is -0.382 e. The molecule has 1 unspecified atom stereocenters. The maximum atomic E-state index is 12.0. The Morgan fingerprint density at radius 2 is 2.29 bits per heavy atom. The Balaban J connectivity index is 0.00000220. The molecule has 0 aromatic heterocycles. The van der Waals surface area contributed by atoms with Crippen LogP contribution in [0.3, 0.4) is 0 Å². The summed E-state index contributed by atoms with van der Waals surface area (Å²) in [6.45, 7) is 5.50. The first kappa shape index (κ1) is 19.1. The van der Waals surface area contributed by atoms with Gasteiger partial charge in [-0.2, -0.15) is 11.8 Å². The van der Waals surface area contributed by atoms with Gasteiger partial charge in [-0.3, -0.25) is 4.79 Å². The molecule has 124 valence electrons. The number of rotatable bonds is 8. The van der Waals surface area contributed by atoms with Crippen molar-refractivity contribution in [1.82, 2.24) is 10.6 Å². The number of thioether (sulfide) groups is 1. The zero-order chi connectivity index (χ0) is 14.3. The van der Waals surface area contributed by atoms with Crippen molar-refractivity contribution in [3.63, 3.8) is 0 Å². The molecule has 1 atom stereocenters. The number of carbonyl (C=O) groups is 1. The second kappa shape index (κ2) is 9.93. The quantitative estimate of drug-likeness (QED) is 0.667. The lowest BCUT2D eigenvalue weighted by Gasteiger charge is -2.42. The van der Waals surface area contributed by atoms with Crippen LogP contribution < -0.4 is 10.6 Å². The molecule has 0 bridgehead atoms. The van der Waals surface area contributed by atoms with Gasteiger partial charge >= 0.3 is 0 Å². The molecule has 21 heavy (non-hydrogen) atoms. The van der Waals surface area contributed by atoms with Gasteiger partial charge in [0.2, 0.25) is 5.91 Å². The first-order valence-corrected chi connectivity index (χ1v) is 9.05. The number of carbonyl (C=O) groups excluding carboxylic acids is 1. The van der Waals surface area contributed by atoms with Crippen LogP contribution in [0.2, 0.25) is 0 Å². The van der Waals surface area contributed by atoms with Gasteiger partial charge in [0.05, 0.1) is 0 Å². The average molecular weight is 337 g/mol. The van der Waals surface area contributed by atoms with Crippen LogP contribution in [0.25, 0.3) is 0 Å². The van der Waals surface area contributed by atoms with Crippen LogP contribution in [-0.2, 0) is 9.53 Å². The zero-order valence-corrected chi connectivity index (χ0v) is 14.6. The Hall–Kier alpha value is 0.0300. The van der Waals surface area contributed by atoms with E-state index < -0.39 is 0 Å². The van der Waals surface area contributed by atoms with Crippen LogP contribution in [0.4, 0.5) is 0 Å². The lowest BCUT2D eigenvalue weighted by Crippen LogP contribution is -2.46. The normalized spacial score (nSPS) is 23.8. The SMILES string of the molecule is CCOCCC1(CNC(=O)CC2CSCCN2)CCC1.Cl. The molecule has 1 aliphatic carbocycles. The number of halogens is 1. The number of ether oxygens (including phenoxy) is 1. The number of hydrogen-bond acceptors (Lipinski definition) is 4. The summed E-state index contributed by atoms with van der Waals surface area (Å²) in [5, 5.41) is 6.57. The van der Waals surface area contributed by atoms with Gasteiger partial charge in [0.25, 0.3) is 0 Å². The highest BCUT2D eigenvalue weighted by molar-refractivity contribution is 7.99. The first-order chi connectivity index (χ1) is 9.74. The molecule has 1 saturated heterocycles. The first-order valence-electron chi connectivity index (χ1n) is 7.90. The van der Waals surface area contributed by atoms with E-state index in [4.69, 9.17) is 4.74 Å². The minimum absolute atomic E-state index is 0. The lowest BCUT2D eigenvalue weighted by molar-refractivity contribution is -0.122. The zero-order valence-electron chi connectivity index (χ0n) is 13.0. The summed E-state index contributed by atoms with van der Waals surface area (Å²) >= 11 is 1.94. The monoisotopic (exact) mass is 336 g/mol. The van der Waals surface area contributed by atoms with E-state index in [2.05, 4.69) is 10.6 Å². The van der Waals surface area contributed by atoms with Gasteiger partial charge in [-0.1, -0.05) is 6.42 Å². The van der Waals surface area contributed by atoms with Crippen molar-refractivity contribution < 1.29 is 9.53 Å². The van der Waals surface area contributed by atoms with E-state index in [9.17, 15) is 4.79 Å². The van der Waals surface area contributed by atoms with E-state index in [1.807, 2.05) is 18.7 Å². The number of nitrogens with one attached hydrogen (secondary N) is 2. The maximum Gasteiger partial charge on any atom is 0.221 e. The largest absolute Gasteiger partial charge is 0.382 e. The fourth-order valence-electron chi connectivity index (χ4n) is 2.96.